The molecule has 0 saturated heterocycles. The Morgan fingerprint density at radius 3 is 2.68 bits per heavy atom. The molecule has 1 aliphatic rings. The van der Waals surface area contributed by atoms with Crippen molar-refractivity contribution in [2.45, 2.75) is 38.3 Å². The molecule has 0 aliphatic carbocycles. The van der Waals surface area contributed by atoms with E-state index in [-0.39, 0.29) is 18.3 Å². The third-order valence-corrected chi connectivity index (χ3v) is 7.53. The van der Waals surface area contributed by atoms with E-state index in [0.29, 0.717) is 50.7 Å². The molecule has 4 aromatic rings. The number of pyridine rings is 1. The number of carbonyl (C=O) groups is 1. The summed E-state index contributed by atoms with van der Waals surface area (Å²) in [6.45, 7) is 3.75. The molecule has 1 amide bonds. The fourth-order valence-electron chi connectivity index (χ4n) is 4.25. The van der Waals surface area contributed by atoms with E-state index in [1.807, 2.05) is 49.4 Å². The van der Waals surface area contributed by atoms with E-state index in [9.17, 15) is 9.90 Å². The lowest BCUT2D eigenvalue weighted by Gasteiger charge is -2.24. The summed E-state index contributed by atoms with van der Waals surface area (Å²) in [5.74, 6) is 1.42. The van der Waals surface area contributed by atoms with Crippen molar-refractivity contribution in [2.75, 3.05) is 11.1 Å². The van der Waals surface area contributed by atoms with Gasteiger partial charge in [-0.2, -0.15) is 4.98 Å². The summed E-state index contributed by atoms with van der Waals surface area (Å²) >= 11 is 7.78. The first kappa shape index (κ1) is 25.2. The number of hydrogen-bond donors (Lipinski definition) is 2. The van der Waals surface area contributed by atoms with Gasteiger partial charge < -0.3 is 15.2 Å². The minimum Gasteiger partial charge on any atom is -0.436 e. The number of ether oxygens (including phenoxy) is 1. The lowest BCUT2D eigenvalue weighted by Crippen LogP contribution is -2.17. The third-order valence-electron chi connectivity index (χ3n) is 6.19. The lowest BCUT2D eigenvalue weighted by molar-refractivity contribution is -0.113. The zero-order valence-electron chi connectivity index (χ0n) is 20.4. The molecule has 0 bridgehead atoms. The number of carbonyl (C=O) groups excluding carboxylic acids is 1. The largest absolute Gasteiger partial charge is 0.436 e. The molecule has 2 aromatic carbocycles. The topological polar surface area (TPSA) is 97.2 Å². The number of benzene rings is 2. The second kappa shape index (κ2) is 10.9. The number of anilines is 1. The minimum absolute atomic E-state index is 0.134. The Bertz CT molecular complexity index is 1490. The van der Waals surface area contributed by atoms with Gasteiger partial charge in [-0.15, -0.1) is 0 Å². The van der Waals surface area contributed by atoms with Gasteiger partial charge in [-0.25, -0.2) is 4.98 Å². The van der Waals surface area contributed by atoms with Gasteiger partial charge in [0.15, 0.2) is 11.6 Å². The highest BCUT2D eigenvalue weighted by molar-refractivity contribution is 8.00. The molecule has 5 rings (SSSR count). The maximum Gasteiger partial charge on any atom is 0.234 e. The molecule has 0 saturated carbocycles. The molecular formula is C28H25ClN4O3S. The van der Waals surface area contributed by atoms with E-state index in [1.54, 1.807) is 12.3 Å². The highest BCUT2D eigenvalue weighted by Gasteiger charge is 2.28. The van der Waals surface area contributed by atoms with E-state index in [0.717, 1.165) is 28.8 Å². The van der Waals surface area contributed by atoms with Crippen LogP contribution < -0.4 is 10.1 Å². The fourth-order valence-corrected chi connectivity index (χ4v) is 5.29. The Morgan fingerprint density at radius 2 is 1.89 bits per heavy atom. The van der Waals surface area contributed by atoms with Crippen LogP contribution in [0.1, 0.15) is 34.9 Å². The molecular weight excluding hydrogens is 508 g/mol. The van der Waals surface area contributed by atoms with Crippen molar-refractivity contribution in [3.63, 3.8) is 0 Å². The van der Waals surface area contributed by atoms with Crippen LogP contribution in [0.15, 0.2) is 59.8 Å². The molecule has 9 heteroatoms. The van der Waals surface area contributed by atoms with Crippen LogP contribution in [0, 0.1) is 6.92 Å². The molecule has 0 unspecified atom stereocenters. The predicted molar refractivity (Wildman–Crippen MR) is 145 cm³/mol. The van der Waals surface area contributed by atoms with Gasteiger partial charge in [-0.3, -0.25) is 9.78 Å². The van der Waals surface area contributed by atoms with Crippen LogP contribution in [0.4, 0.5) is 5.69 Å². The van der Waals surface area contributed by atoms with Crippen LogP contribution in [0.25, 0.3) is 11.4 Å². The van der Waals surface area contributed by atoms with E-state index < -0.39 is 0 Å². The molecule has 3 heterocycles. The van der Waals surface area contributed by atoms with Gasteiger partial charge in [0, 0.05) is 35.0 Å². The van der Waals surface area contributed by atoms with Crippen LogP contribution in [-0.4, -0.2) is 31.7 Å². The number of nitrogens with zero attached hydrogens (tertiary/aromatic N) is 3. The standard InChI is InChI=1S/C28H25ClN4O3S/c1-3-17-8-4-7-11-23(17)31-24(35)15-37-28-21-12-20-18(14-34)13-30-16(2)25(20)36-27(21)32-26(33-28)19-9-5-6-10-22(19)29/h4-11,13,34H,3,12,14-15H2,1-2H3,(H,31,35). The molecule has 37 heavy (non-hydrogen) atoms. The van der Waals surface area contributed by atoms with Crippen molar-refractivity contribution in [3.8, 4) is 23.0 Å². The van der Waals surface area contributed by atoms with E-state index in [2.05, 4.69) is 17.2 Å². The van der Waals surface area contributed by atoms with Crippen LogP contribution in [-0.2, 0) is 24.2 Å². The monoisotopic (exact) mass is 532 g/mol. The summed E-state index contributed by atoms with van der Waals surface area (Å²) < 4.78 is 6.24. The number of aliphatic hydroxyl groups excluding tert-OH is 1. The van der Waals surface area contributed by atoms with Crippen molar-refractivity contribution < 1.29 is 14.6 Å². The average Bonchev–Trinajstić information content (AvgIpc) is 2.91. The highest BCUT2D eigenvalue weighted by Crippen LogP contribution is 2.43. The first-order chi connectivity index (χ1) is 18.0. The van der Waals surface area contributed by atoms with Crippen LogP contribution in [0.2, 0.25) is 5.02 Å². The van der Waals surface area contributed by atoms with Crippen LogP contribution in [0.5, 0.6) is 11.6 Å². The Kier molecular flexibility index (Phi) is 7.41. The van der Waals surface area contributed by atoms with Gasteiger partial charge in [0.25, 0.3) is 0 Å². The predicted octanol–water partition coefficient (Wildman–Crippen LogP) is 5.98. The average molecular weight is 533 g/mol. The fraction of sp³-hybridized carbons (Fsp3) is 0.214. The van der Waals surface area contributed by atoms with Crippen LogP contribution in [0.3, 0.4) is 0 Å². The number of hydrogen-bond acceptors (Lipinski definition) is 7. The van der Waals surface area contributed by atoms with E-state index in [1.165, 1.54) is 11.8 Å². The quantitative estimate of drug-likeness (QED) is 0.196. The normalized spacial score (nSPS) is 11.9. The molecule has 2 aromatic heterocycles. The third kappa shape index (κ3) is 5.18. The smallest absolute Gasteiger partial charge is 0.234 e. The zero-order chi connectivity index (χ0) is 25.9. The van der Waals surface area contributed by atoms with Crippen molar-refractivity contribution in [1.82, 2.24) is 15.0 Å². The number of nitrogens with one attached hydrogen (secondary N) is 1. The van der Waals surface area contributed by atoms with Gasteiger partial charge in [0.05, 0.1) is 28.6 Å². The molecule has 188 valence electrons. The number of aliphatic hydroxyl groups is 1. The minimum atomic E-state index is -0.158. The van der Waals surface area contributed by atoms with Gasteiger partial charge in [0.2, 0.25) is 11.8 Å². The Morgan fingerprint density at radius 1 is 1.11 bits per heavy atom. The number of rotatable bonds is 7. The molecule has 7 nitrogen and oxygen atoms in total. The van der Waals surface area contributed by atoms with Gasteiger partial charge in [0.1, 0.15) is 5.03 Å². The molecule has 0 spiro atoms. The molecule has 0 radical (unpaired) electrons. The van der Waals surface area contributed by atoms with Crippen molar-refractivity contribution >= 4 is 35.0 Å². The molecule has 0 fully saturated rings. The Balaban J connectivity index is 1.50. The van der Waals surface area contributed by atoms with Crippen molar-refractivity contribution in [2.24, 2.45) is 0 Å². The number of amides is 1. The van der Waals surface area contributed by atoms with Gasteiger partial charge in [-0.1, -0.05) is 60.6 Å². The summed E-state index contributed by atoms with van der Waals surface area (Å²) in [6.07, 6.45) is 2.94. The summed E-state index contributed by atoms with van der Waals surface area (Å²) in [5.41, 5.74) is 5.56. The van der Waals surface area contributed by atoms with Gasteiger partial charge in [-0.05, 0) is 37.1 Å². The highest BCUT2D eigenvalue weighted by atomic mass is 35.5. The van der Waals surface area contributed by atoms with Crippen molar-refractivity contribution in [1.29, 1.82) is 0 Å². The molecule has 0 atom stereocenters. The number of aryl methyl sites for hydroxylation is 2. The number of para-hydroxylation sites is 1. The number of aromatic nitrogens is 3. The maximum atomic E-state index is 12.9. The zero-order valence-corrected chi connectivity index (χ0v) is 22.0. The Labute approximate surface area is 224 Å². The van der Waals surface area contributed by atoms with Crippen LogP contribution >= 0.6 is 23.4 Å². The first-order valence-corrected chi connectivity index (χ1v) is 13.3. The number of fused-ring (bicyclic) bond motifs is 2. The van der Waals surface area contributed by atoms with Gasteiger partial charge >= 0.3 is 0 Å². The summed E-state index contributed by atoms with van der Waals surface area (Å²) in [7, 11) is 0. The van der Waals surface area contributed by atoms with E-state index >= 15 is 0 Å². The van der Waals surface area contributed by atoms with E-state index in [4.69, 9.17) is 26.3 Å². The summed E-state index contributed by atoms with van der Waals surface area (Å²) in [5, 5.41) is 14.0. The first-order valence-electron chi connectivity index (χ1n) is 11.9. The second-order valence-electron chi connectivity index (χ2n) is 8.58. The number of halogens is 1. The summed E-state index contributed by atoms with van der Waals surface area (Å²) in [4.78, 5) is 26.8. The Hall–Kier alpha value is -3.46. The van der Waals surface area contributed by atoms with Crippen molar-refractivity contribution in [3.05, 3.63) is 87.7 Å². The molecule has 1 aliphatic heterocycles. The lowest BCUT2D eigenvalue weighted by atomic mass is 9.99. The second-order valence-corrected chi connectivity index (χ2v) is 9.95. The molecule has 2 N–H and O–H groups in total. The SMILES string of the molecule is CCc1ccccc1NC(=O)CSc1nc(-c2ccccc2Cl)nc2c1Cc1c(CO)cnc(C)c1O2. The summed E-state index contributed by atoms with van der Waals surface area (Å²) in [6, 6.07) is 15.1. The maximum absolute atomic E-state index is 12.9. The number of thioether (sulfide) groups is 1.